The first-order chi connectivity index (χ1) is 11.3. The number of benzene rings is 1. The molecule has 8 nitrogen and oxygen atoms in total. The number of fused-ring (bicyclic) bond motifs is 1. The molecule has 0 fully saturated rings. The van der Waals surface area contributed by atoms with E-state index in [0.717, 1.165) is 0 Å². The average molecular weight is 368 g/mol. The van der Waals surface area contributed by atoms with E-state index >= 15 is 0 Å². The number of aromatic nitrogens is 2. The number of carbonyl (C=O) groups excluding carboxylic acids is 2. The third-order valence-corrected chi connectivity index (χ3v) is 4.03. The van der Waals surface area contributed by atoms with Crippen molar-refractivity contribution < 1.29 is 9.59 Å². The minimum atomic E-state index is -1.02. The third kappa shape index (κ3) is 3.06. The van der Waals surface area contributed by atoms with E-state index in [1.807, 2.05) is 0 Å². The highest BCUT2D eigenvalue weighted by molar-refractivity contribution is 6.36. The van der Waals surface area contributed by atoms with Crippen molar-refractivity contribution in [2.75, 3.05) is 10.6 Å². The second-order valence-electron chi connectivity index (χ2n) is 5.13. The van der Waals surface area contributed by atoms with E-state index in [1.54, 1.807) is 12.1 Å². The zero-order valence-electron chi connectivity index (χ0n) is 12.0. The predicted molar refractivity (Wildman–Crippen MR) is 89.8 cm³/mol. The van der Waals surface area contributed by atoms with Gasteiger partial charge in [0.25, 0.3) is 5.56 Å². The van der Waals surface area contributed by atoms with E-state index in [1.165, 1.54) is 6.07 Å². The van der Waals surface area contributed by atoms with Crippen LogP contribution in [0.1, 0.15) is 17.9 Å². The molecule has 1 unspecified atom stereocenters. The summed E-state index contributed by atoms with van der Waals surface area (Å²) in [6.07, 6.45) is -0.192. The summed E-state index contributed by atoms with van der Waals surface area (Å²) in [5, 5.41) is 6.06. The number of anilines is 3. The van der Waals surface area contributed by atoms with Crippen LogP contribution in [0.15, 0.2) is 23.0 Å². The third-order valence-electron chi connectivity index (χ3n) is 3.48. The fourth-order valence-corrected chi connectivity index (χ4v) is 2.85. The Kier molecular flexibility index (Phi) is 4.16. The van der Waals surface area contributed by atoms with E-state index < -0.39 is 23.3 Å². The van der Waals surface area contributed by atoms with Crippen LogP contribution in [-0.4, -0.2) is 21.8 Å². The number of nitrogens with zero attached hydrogens (tertiary/aromatic N) is 1. The Labute approximate surface area is 145 Å². The molecule has 0 saturated heterocycles. The van der Waals surface area contributed by atoms with Gasteiger partial charge in [0.2, 0.25) is 17.8 Å². The van der Waals surface area contributed by atoms with Gasteiger partial charge in [-0.2, -0.15) is 4.98 Å². The first kappa shape index (κ1) is 16.3. The van der Waals surface area contributed by atoms with Gasteiger partial charge >= 0.3 is 0 Å². The molecular weight excluding hydrogens is 357 g/mol. The molecule has 0 aliphatic carbocycles. The summed E-state index contributed by atoms with van der Waals surface area (Å²) in [5.74, 6) is -2.18. The number of aromatic amines is 1. The van der Waals surface area contributed by atoms with Gasteiger partial charge in [0.05, 0.1) is 22.2 Å². The van der Waals surface area contributed by atoms with Crippen LogP contribution in [-0.2, 0) is 9.59 Å². The van der Waals surface area contributed by atoms with Crippen molar-refractivity contribution in [1.82, 2.24) is 9.97 Å². The molecule has 5 N–H and O–H groups in total. The summed E-state index contributed by atoms with van der Waals surface area (Å²) in [6.45, 7) is 0. The molecule has 124 valence electrons. The second kappa shape index (κ2) is 6.14. The molecule has 1 aliphatic rings. The van der Waals surface area contributed by atoms with E-state index in [-0.39, 0.29) is 23.8 Å². The zero-order chi connectivity index (χ0) is 17.4. The monoisotopic (exact) mass is 367 g/mol. The summed E-state index contributed by atoms with van der Waals surface area (Å²) >= 11 is 11.9. The van der Waals surface area contributed by atoms with E-state index in [4.69, 9.17) is 28.9 Å². The van der Waals surface area contributed by atoms with Gasteiger partial charge in [-0.25, -0.2) is 0 Å². The van der Waals surface area contributed by atoms with Crippen molar-refractivity contribution in [3.8, 4) is 0 Å². The second-order valence-corrected chi connectivity index (χ2v) is 5.98. The maximum atomic E-state index is 12.3. The molecule has 2 heterocycles. The van der Waals surface area contributed by atoms with E-state index in [2.05, 4.69) is 20.6 Å². The standard InChI is InChI=1S/C14H11Cl2N5O3/c15-5-1-2-8(7(16)3-5)18-14-20-12-10(13(24)21-14)6(11(17)23)4-9(22)19-12/h1-3,6H,4H2,(H2,17,23)(H3,18,19,20,21,22,24). The molecule has 0 bridgehead atoms. The Morgan fingerprint density at radius 1 is 1.33 bits per heavy atom. The molecular formula is C14H11Cl2N5O3. The Bertz CT molecular complexity index is 912. The molecule has 1 aromatic heterocycles. The molecule has 1 aliphatic heterocycles. The van der Waals surface area contributed by atoms with Crippen LogP contribution in [0, 0.1) is 0 Å². The maximum Gasteiger partial charge on any atom is 0.258 e. The summed E-state index contributed by atoms with van der Waals surface area (Å²) in [4.78, 5) is 42.1. The van der Waals surface area contributed by atoms with E-state index in [9.17, 15) is 14.4 Å². The quantitative estimate of drug-likeness (QED) is 0.656. The predicted octanol–water partition coefficient (Wildman–Crippen LogP) is 1.73. The molecule has 3 rings (SSSR count). The van der Waals surface area contributed by atoms with Crippen molar-refractivity contribution in [3.05, 3.63) is 44.2 Å². The molecule has 10 heteroatoms. The lowest BCUT2D eigenvalue weighted by atomic mass is 9.93. The van der Waals surface area contributed by atoms with Gasteiger partial charge in [0, 0.05) is 11.4 Å². The minimum Gasteiger partial charge on any atom is -0.369 e. The number of carbonyl (C=O) groups is 2. The fraction of sp³-hybridized carbons (Fsp3) is 0.143. The molecule has 2 amide bonds. The highest BCUT2D eigenvalue weighted by atomic mass is 35.5. The normalized spacial score (nSPS) is 16.2. The van der Waals surface area contributed by atoms with Crippen molar-refractivity contribution >= 4 is 52.5 Å². The topological polar surface area (TPSA) is 130 Å². The van der Waals surface area contributed by atoms with Crippen molar-refractivity contribution in [1.29, 1.82) is 0 Å². The Morgan fingerprint density at radius 2 is 2.08 bits per heavy atom. The smallest absolute Gasteiger partial charge is 0.258 e. The number of nitrogens with one attached hydrogen (secondary N) is 3. The van der Waals surface area contributed by atoms with Crippen LogP contribution in [0.5, 0.6) is 0 Å². The largest absolute Gasteiger partial charge is 0.369 e. The molecule has 1 atom stereocenters. The highest BCUT2D eigenvalue weighted by Gasteiger charge is 2.33. The number of hydrogen-bond acceptors (Lipinski definition) is 5. The zero-order valence-corrected chi connectivity index (χ0v) is 13.5. The lowest BCUT2D eigenvalue weighted by Gasteiger charge is -2.22. The highest BCUT2D eigenvalue weighted by Crippen LogP contribution is 2.30. The van der Waals surface area contributed by atoms with Gasteiger partial charge in [-0.15, -0.1) is 0 Å². The Balaban J connectivity index is 2.02. The molecule has 2 aromatic rings. The first-order valence-corrected chi connectivity index (χ1v) is 7.56. The lowest BCUT2D eigenvalue weighted by molar-refractivity contribution is -0.124. The minimum absolute atomic E-state index is 0.00798. The number of primary amides is 1. The first-order valence-electron chi connectivity index (χ1n) is 6.80. The summed E-state index contributed by atoms with van der Waals surface area (Å²) in [7, 11) is 0. The van der Waals surface area contributed by atoms with Crippen LogP contribution in [0.4, 0.5) is 17.5 Å². The molecule has 0 spiro atoms. The lowest BCUT2D eigenvalue weighted by Crippen LogP contribution is -2.36. The number of hydrogen-bond donors (Lipinski definition) is 4. The Morgan fingerprint density at radius 3 is 2.75 bits per heavy atom. The molecule has 0 saturated carbocycles. The van der Waals surface area contributed by atoms with Gasteiger partial charge < -0.3 is 16.4 Å². The summed E-state index contributed by atoms with van der Waals surface area (Å²) in [6, 6.07) is 4.74. The van der Waals surface area contributed by atoms with Gasteiger partial charge in [0.1, 0.15) is 5.82 Å². The van der Waals surface area contributed by atoms with Crippen LogP contribution < -0.4 is 21.9 Å². The van der Waals surface area contributed by atoms with Crippen LogP contribution >= 0.6 is 23.2 Å². The molecule has 24 heavy (non-hydrogen) atoms. The van der Waals surface area contributed by atoms with Crippen LogP contribution in [0.3, 0.4) is 0 Å². The number of rotatable bonds is 3. The van der Waals surface area contributed by atoms with Crippen LogP contribution in [0.25, 0.3) is 0 Å². The average Bonchev–Trinajstić information content (AvgIpc) is 2.48. The summed E-state index contributed by atoms with van der Waals surface area (Å²) < 4.78 is 0. The summed E-state index contributed by atoms with van der Waals surface area (Å²) in [5.41, 5.74) is 5.18. The van der Waals surface area contributed by atoms with Crippen molar-refractivity contribution in [3.63, 3.8) is 0 Å². The number of H-pyrrole nitrogens is 1. The molecule has 0 radical (unpaired) electrons. The molecule has 1 aromatic carbocycles. The maximum absolute atomic E-state index is 12.3. The van der Waals surface area contributed by atoms with Gasteiger partial charge in [0.15, 0.2) is 0 Å². The Hall–Kier alpha value is -2.58. The fourth-order valence-electron chi connectivity index (χ4n) is 2.39. The van der Waals surface area contributed by atoms with Crippen molar-refractivity contribution in [2.24, 2.45) is 5.73 Å². The van der Waals surface area contributed by atoms with Crippen LogP contribution in [0.2, 0.25) is 10.0 Å². The number of amides is 2. The van der Waals surface area contributed by atoms with Gasteiger partial charge in [-0.05, 0) is 18.2 Å². The van der Waals surface area contributed by atoms with E-state index in [0.29, 0.717) is 15.7 Å². The van der Waals surface area contributed by atoms with Gasteiger partial charge in [-0.3, -0.25) is 19.4 Å². The van der Waals surface area contributed by atoms with Gasteiger partial charge in [-0.1, -0.05) is 23.2 Å². The number of nitrogens with two attached hydrogens (primary N) is 1. The van der Waals surface area contributed by atoms with Crippen molar-refractivity contribution in [2.45, 2.75) is 12.3 Å². The number of halogens is 2. The SMILES string of the molecule is NC(=O)C1CC(=O)Nc2nc(Nc3ccc(Cl)cc3Cl)[nH]c(=O)c21.